The van der Waals surface area contributed by atoms with E-state index in [1.165, 1.54) is 4.88 Å². The summed E-state index contributed by atoms with van der Waals surface area (Å²) >= 11 is 1.74. The van der Waals surface area contributed by atoms with E-state index in [0.717, 1.165) is 23.7 Å². The van der Waals surface area contributed by atoms with Crippen molar-refractivity contribution in [1.29, 1.82) is 0 Å². The van der Waals surface area contributed by atoms with Crippen LogP contribution in [0.5, 0.6) is 11.5 Å². The Hall–Kier alpha value is -1.68. The van der Waals surface area contributed by atoms with E-state index in [9.17, 15) is 0 Å². The quantitative estimate of drug-likeness (QED) is 0.860. The summed E-state index contributed by atoms with van der Waals surface area (Å²) in [5.74, 6) is 1.54. The number of ether oxygens (including phenoxy) is 2. The lowest BCUT2D eigenvalue weighted by atomic mass is 10.2. The molecule has 0 unspecified atom stereocenters. The molecule has 18 heavy (non-hydrogen) atoms. The molecule has 1 N–H and O–H groups in total. The van der Waals surface area contributed by atoms with Crippen molar-refractivity contribution in [3.8, 4) is 11.5 Å². The normalized spacial score (nSPS) is 10.1. The third-order valence-electron chi connectivity index (χ3n) is 2.51. The maximum Gasteiger partial charge on any atom is 0.162 e. The second-order valence-electron chi connectivity index (χ2n) is 3.73. The average Bonchev–Trinajstić information content (AvgIpc) is 2.91. The Balaban J connectivity index is 2.05. The molecule has 1 aromatic heterocycles. The van der Waals surface area contributed by atoms with Gasteiger partial charge in [0.05, 0.1) is 13.7 Å². The molecule has 4 heteroatoms. The number of thiophene rings is 1. The van der Waals surface area contributed by atoms with Gasteiger partial charge >= 0.3 is 0 Å². The Kier molecular flexibility index (Phi) is 4.47. The Bertz CT molecular complexity index is 483. The van der Waals surface area contributed by atoms with Crippen LogP contribution in [0.15, 0.2) is 35.7 Å². The highest BCUT2D eigenvalue weighted by Crippen LogP contribution is 2.30. The molecule has 0 bridgehead atoms. The summed E-state index contributed by atoms with van der Waals surface area (Å²) in [4.78, 5) is 1.31. The van der Waals surface area contributed by atoms with Crippen LogP contribution in [0.1, 0.15) is 11.8 Å². The van der Waals surface area contributed by atoms with Gasteiger partial charge in [-0.05, 0) is 30.5 Å². The second-order valence-corrected chi connectivity index (χ2v) is 4.76. The van der Waals surface area contributed by atoms with Gasteiger partial charge in [0.2, 0.25) is 0 Å². The van der Waals surface area contributed by atoms with Crippen molar-refractivity contribution in [2.75, 3.05) is 19.0 Å². The molecule has 1 heterocycles. The maximum absolute atomic E-state index is 5.48. The van der Waals surface area contributed by atoms with Crippen LogP contribution in [0.4, 0.5) is 5.69 Å². The van der Waals surface area contributed by atoms with Gasteiger partial charge in [0.15, 0.2) is 11.5 Å². The molecule has 0 aliphatic rings. The van der Waals surface area contributed by atoms with Crippen LogP contribution in [0, 0.1) is 0 Å². The molecule has 3 nitrogen and oxygen atoms in total. The summed E-state index contributed by atoms with van der Waals surface area (Å²) < 4.78 is 10.8. The van der Waals surface area contributed by atoms with Crippen molar-refractivity contribution in [1.82, 2.24) is 0 Å². The molecule has 0 radical (unpaired) electrons. The number of rotatable bonds is 6. The van der Waals surface area contributed by atoms with Gasteiger partial charge in [-0.1, -0.05) is 6.07 Å². The molecule has 0 saturated heterocycles. The van der Waals surface area contributed by atoms with E-state index >= 15 is 0 Å². The predicted octanol–water partition coefficient (Wildman–Crippen LogP) is 3.77. The number of nitrogens with one attached hydrogen (secondary N) is 1. The van der Waals surface area contributed by atoms with Crippen molar-refractivity contribution in [3.05, 3.63) is 40.6 Å². The number of hydrogen-bond acceptors (Lipinski definition) is 4. The first-order valence-corrected chi connectivity index (χ1v) is 6.78. The molecule has 0 fully saturated rings. The highest BCUT2D eigenvalue weighted by molar-refractivity contribution is 7.09. The molecule has 0 spiro atoms. The molecule has 0 saturated carbocycles. The van der Waals surface area contributed by atoms with Crippen LogP contribution in [0.25, 0.3) is 0 Å². The molecular weight excluding hydrogens is 246 g/mol. The Labute approximate surface area is 111 Å². The van der Waals surface area contributed by atoms with Crippen LogP contribution in [-0.2, 0) is 6.54 Å². The minimum atomic E-state index is 0.637. The Morgan fingerprint density at radius 2 is 2.11 bits per heavy atom. The zero-order valence-corrected chi connectivity index (χ0v) is 11.4. The molecular formula is C14H17NO2S. The number of benzene rings is 1. The lowest BCUT2D eigenvalue weighted by Crippen LogP contribution is -1.99. The molecule has 0 aliphatic heterocycles. The third-order valence-corrected chi connectivity index (χ3v) is 3.39. The van der Waals surface area contributed by atoms with Crippen LogP contribution < -0.4 is 14.8 Å². The SMILES string of the molecule is CCOc1ccc(NCc2cccs2)cc1OC. The first kappa shape index (κ1) is 12.8. The summed E-state index contributed by atoms with van der Waals surface area (Å²) in [6.07, 6.45) is 0. The molecule has 2 aromatic rings. The first-order chi connectivity index (χ1) is 8.83. The zero-order chi connectivity index (χ0) is 12.8. The highest BCUT2D eigenvalue weighted by Gasteiger charge is 2.05. The van der Waals surface area contributed by atoms with Gasteiger partial charge in [0, 0.05) is 23.2 Å². The van der Waals surface area contributed by atoms with Gasteiger partial charge in [-0.15, -0.1) is 11.3 Å². The molecule has 0 aliphatic carbocycles. The van der Waals surface area contributed by atoms with Gasteiger partial charge in [0.1, 0.15) is 0 Å². The summed E-state index contributed by atoms with van der Waals surface area (Å²) in [5, 5.41) is 5.45. The summed E-state index contributed by atoms with van der Waals surface area (Å²) in [7, 11) is 1.65. The van der Waals surface area contributed by atoms with E-state index in [2.05, 4.69) is 22.8 Å². The number of anilines is 1. The van der Waals surface area contributed by atoms with E-state index < -0.39 is 0 Å². The van der Waals surface area contributed by atoms with Crippen molar-refractivity contribution < 1.29 is 9.47 Å². The van der Waals surface area contributed by atoms with Crippen molar-refractivity contribution >= 4 is 17.0 Å². The maximum atomic E-state index is 5.48. The van der Waals surface area contributed by atoms with E-state index in [1.54, 1.807) is 18.4 Å². The van der Waals surface area contributed by atoms with Gasteiger partial charge in [-0.3, -0.25) is 0 Å². The molecule has 0 amide bonds. The Morgan fingerprint density at radius 3 is 2.78 bits per heavy atom. The van der Waals surface area contributed by atoms with Crippen LogP contribution >= 0.6 is 11.3 Å². The number of methoxy groups -OCH3 is 1. The lowest BCUT2D eigenvalue weighted by Gasteiger charge is -2.11. The van der Waals surface area contributed by atoms with Crippen LogP contribution in [0.3, 0.4) is 0 Å². The zero-order valence-electron chi connectivity index (χ0n) is 10.6. The van der Waals surface area contributed by atoms with Gasteiger partial charge in [-0.25, -0.2) is 0 Å². The Morgan fingerprint density at radius 1 is 1.22 bits per heavy atom. The largest absolute Gasteiger partial charge is 0.493 e. The molecule has 2 rings (SSSR count). The van der Waals surface area contributed by atoms with Crippen LogP contribution in [-0.4, -0.2) is 13.7 Å². The minimum absolute atomic E-state index is 0.637. The summed E-state index contributed by atoms with van der Waals surface area (Å²) in [5.41, 5.74) is 1.03. The van der Waals surface area contributed by atoms with Crippen LogP contribution in [0.2, 0.25) is 0 Å². The fraction of sp³-hybridized carbons (Fsp3) is 0.286. The lowest BCUT2D eigenvalue weighted by molar-refractivity contribution is 0.311. The first-order valence-electron chi connectivity index (χ1n) is 5.90. The molecule has 0 atom stereocenters. The predicted molar refractivity (Wildman–Crippen MR) is 75.8 cm³/mol. The van der Waals surface area contributed by atoms with Crippen molar-refractivity contribution in [2.45, 2.75) is 13.5 Å². The summed E-state index contributed by atoms with van der Waals surface area (Å²) in [6.45, 7) is 3.43. The van der Waals surface area contributed by atoms with Gasteiger partial charge in [0.25, 0.3) is 0 Å². The fourth-order valence-electron chi connectivity index (χ4n) is 1.65. The highest BCUT2D eigenvalue weighted by atomic mass is 32.1. The topological polar surface area (TPSA) is 30.5 Å². The number of hydrogen-bond donors (Lipinski definition) is 1. The summed E-state index contributed by atoms with van der Waals surface area (Å²) in [6, 6.07) is 10.1. The smallest absolute Gasteiger partial charge is 0.162 e. The van der Waals surface area contributed by atoms with E-state index in [1.807, 2.05) is 25.1 Å². The van der Waals surface area contributed by atoms with Gasteiger partial charge < -0.3 is 14.8 Å². The van der Waals surface area contributed by atoms with E-state index in [4.69, 9.17) is 9.47 Å². The molecule has 96 valence electrons. The minimum Gasteiger partial charge on any atom is -0.493 e. The standard InChI is InChI=1S/C14H17NO2S/c1-3-17-13-7-6-11(9-14(13)16-2)15-10-12-5-4-8-18-12/h4-9,15H,3,10H2,1-2H3. The van der Waals surface area contributed by atoms with Crippen molar-refractivity contribution in [2.24, 2.45) is 0 Å². The average molecular weight is 263 g/mol. The van der Waals surface area contributed by atoms with Gasteiger partial charge in [-0.2, -0.15) is 0 Å². The monoisotopic (exact) mass is 263 g/mol. The molecule has 1 aromatic carbocycles. The fourth-order valence-corrected chi connectivity index (χ4v) is 2.30. The van der Waals surface area contributed by atoms with Crippen molar-refractivity contribution in [3.63, 3.8) is 0 Å². The second kappa shape index (κ2) is 6.31. The third kappa shape index (κ3) is 3.17. The van der Waals surface area contributed by atoms with E-state index in [-0.39, 0.29) is 0 Å². The van der Waals surface area contributed by atoms with E-state index in [0.29, 0.717) is 6.61 Å².